The molecule has 3 aromatic carbocycles. The van der Waals surface area contributed by atoms with Gasteiger partial charge in [0.1, 0.15) is 5.75 Å². The van der Waals surface area contributed by atoms with E-state index in [1.54, 1.807) is 0 Å². The summed E-state index contributed by atoms with van der Waals surface area (Å²) in [5, 5.41) is 13.9. The third-order valence-electron chi connectivity index (χ3n) is 5.37. The highest BCUT2D eigenvalue weighted by Crippen LogP contribution is 2.35. The van der Waals surface area contributed by atoms with E-state index in [2.05, 4.69) is 63.2 Å². The molecule has 0 radical (unpaired) electrons. The zero-order chi connectivity index (χ0) is 19.0. The van der Waals surface area contributed by atoms with Crippen molar-refractivity contribution in [2.75, 3.05) is 0 Å². The molecule has 1 N–H and O–H groups in total. The Hall–Kier alpha value is -2.87. The van der Waals surface area contributed by atoms with E-state index < -0.39 is 0 Å². The van der Waals surface area contributed by atoms with E-state index in [9.17, 15) is 5.11 Å². The van der Waals surface area contributed by atoms with Crippen molar-refractivity contribution in [3.63, 3.8) is 0 Å². The molecule has 0 saturated carbocycles. The Labute approximate surface area is 160 Å². The maximum atomic E-state index is 10.8. The molecule has 0 aliphatic rings. The molecule has 4 aromatic rings. The van der Waals surface area contributed by atoms with Crippen LogP contribution in [0.4, 0.5) is 0 Å². The van der Waals surface area contributed by atoms with Crippen LogP contribution in [0.3, 0.4) is 0 Å². The minimum Gasteiger partial charge on any atom is -0.507 e. The number of aromatic nitrogens is 1. The van der Waals surface area contributed by atoms with Crippen molar-refractivity contribution in [1.29, 1.82) is 0 Å². The van der Waals surface area contributed by atoms with Crippen molar-refractivity contribution in [2.24, 2.45) is 0 Å². The summed E-state index contributed by atoms with van der Waals surface area (Å²) < 4.78 is 0. The SMILES string of the molecule is CC(C)c1ccc2ccc(CC(C)c3ccc4ccccc4c3O)cc2n1. The number of nitrogens with zero attached hydrogens (tertiary/aromatic N) is 1. The third-order valence-corrected chi connectivity index (χ3v) is 5.37. The van der Waals surface area contributed by atoms with Gasteiger partial charge in [-0.25, -0.2) is 0 Å². The van der Waals surface area contributed by atoms with Crippen LogP contribution in [-0.2, 0) is 6.42 Å². The summed E-state index contributed by atoms with van der Waals surface area (Å²) in [4.78, 5) is 4.82. The van der Waals surface area contributed by atoms with E-state index in [0.717, 1.165) is 34.0 Å². The van der Waals surface area contributed by atoms with Gasteiger partial charge in [0.05, 0.1) is 5.52 Å². The zero-order valence-corrected chi connectivity index (χ0v) is 16.1. The molecule has 0 spiro atoms. The normalized spacial score (nSPS) is 12.7. The second kappa shape index (κ2) is 7.03. The van der Waals surface area contributed by atoms with Gasteiger partial charge >= 0.3 is 0 Å². The van der Waals surface area contributed by atoms with Gasteiger partial charge < -0.3 is 5.11 Å². The van der Waals surface area contributed by atoms with Crippen molar-refractivity contribution >= 4 is 21.7 Å². The molecule has 2 heteroatoms. The van der Waals surface area contributed by atoms with Crippen molar-refractivity contribution in [3.05, 3.63) is 83.6 Å². The van der Waals surface area contributed by atoms with E-state index in [4.69, 9.17) is 4.98 Å². The quantitative estimate of drug-likeness (QED) is 0.449. The molecule has 2 nitrogen and oxygen atoms in total. The first-order valence-corrected chi connectivity index (χ1v) is 9.63. The van der Waals surface area contributed by atoms with Gasteiger partial charge in [-0.15, -0.1) is 0 Å². The van der Waals surface area contributed by atoms with Crippen molar-refractivity contribution < 1.29 is 5.11 Å². The minimum absolute atomic E-state index is 0.223. The smallest absolute Gasteiger partial charge is 0.126 e. The predicted octanol–water partition coefficient (Wildman–Crippen LogP) is 6.56. The predicted molar refractivity (Wildman–Crippen MR) is 114 cm³/mol. The highest BCUT2D eigenvalue weighted by Gasteiger charge is 2.14. The van der Waals surface area contributed by atoms with E-state index in [1.165, 1.54) is 10.9 Å². The monoisotopic (exact) mass is 355 g/mol. The number of phenols is 1. The maximum absolute atomic E-state index is 10.8. The molecule has 0 aliphatic carbocycles. The first-order chi connectivity index (χ1) is 13.0. The van der Waals surface area contributed by atoms with Crippen LogP contribution in [0.5, 0.6) is 5.75 Å². The number of phenolic OH excluding ortho intramolecular Hbond substituents is 1. The van der Waals surface area contributed by atoms with Crippen LogP contribution in [0.1, 0.15) is 49.4 Å². The molecular formula is C25H25NO. The van der Waals surface area contributed by atoms with Crippen LogP contribution in [-0.4, -0.2) is 10.1 Å². The topological polar surface area (TPSA) is 33.1 Å². The molecule has 1 heterocycles. The van der Waals surface area contributed by atoms with Crippen LogP contribution in [0.2, 0.25) is 0 Å². The average Bonchev–Trinajstić information content (AvgIpc) is 2.67. The summed E-state index contributed by atoms with van der Waals surface area (Å²) in [7, 11) is 0. The minimum atomic E-state index is 0.223. The Morgan fingerprint density at radius 3 is 2.41 bits per heavy atom. The second-order valence-electron chi connectivity index (χ2n) is 7.75. The van der Waals surface area contributed by atoms with Gasteiger partial charge in [0, 0.05) is 16.5 Å². The average molecular weight is 355 g/mol. The van der Waals surface area contributed by atoms with Crippen LogP contribution in [0.15, 0.2) is 66.7 Å². The summed E-state index contributed by atoms with van der Waals surface area (Å²) >= 11 is 0. The Morgan fingerprint density at radius 2 is 1.59 bits per heavy atom. The largest absolute Gasteiger partial charge is 0.507 e. The Balaban J connectivity index is 1.66. The second-order valence-corrected chi connectivity index (χ2v) is 7.75. The molecule has 0 amide bonds. The molecule has 4 rings (SSSR count). The van der Waals surface area contributed by atoms with Gasteiger partial charge in [-0.3, -0.25) is 4.98 Å². The van der Waals surface area contributed by atoms with Gasteiger partial charge in [0.25, 0.3) is 0 Å². The van der Waals surface area contributed by atoms with Gasteiger partial charge in [-0.05, 0) is 46.9 Å². The molecule has 0 saturated heterocycles. The lowest BCUT2D eigenvalue weighted by atomic mass is 9.90. The third kappa shape index (κ3) is 3.40. The molecule has 136 valence electrons. The Morgan fingerprint density at radius 1 is 0.852 bits per heavy atom. The van der Waals surface area contributed by atoms with Gasteiger partial charge in [-0.2, -0.15) is 0 Å². The van der Waals surface area contributed by atoms with Crippen molar-refractivity contribution in [2.45, 2.75) is 39.0 Å². The van der Waals surface area contributed by atoms with E-state index in [0.29, 0.717) is 11.7 Å². The van der Waals surface area contributed by atoms with E-state index in [-0.39, 0.29) is 5.92 Å². The van der Waals surface area contributed by atoms with E-state index >= 15 is 0 Å². The molecule has 0 bridgehead atoms. The number of aromatic hydroxyl groups is 1. The number of pyridine rings is 1. The lowest BCUT2D eigenvalue weighted by molar-refractivity contribution is 0.469. The number of rotatable bonds is 4. The highest BCUT2D eigenvalue weighted by molar-refractivity contribution is 5.89. The zero-order valence-electron chi connectivity index (χ0n) is 16.1. The Kier molecular flexibility index (Phi) is 4.57. The van der Waals surface area contributed by atoms with Gasteiger partial charge in [0.2, 0.25) is 0 Å². The highest BCUT2D eigenvalue weighted by atomic mass is 16.3. The van der Waals surface area contributed by atoms with Crippen molar-refractivity contribution in [3.8, 4) is 5.75 Å². The molecule has 1 atom stereocenters. The first-order valence-electron chi connectivity index (χ1n) is 9.63. The summed E-state index contributed by atoms with van der Waals surface area (Å²) in [6.07, 6.45) is 0.870. The molecule has 1 aromatic heterocycles. The summed E-state index contributed by atoms with van der Waals surface area (Å²) in [5.74, 6) is 1.05. The fourth-order valence-electron chi connectivity index (χ4n) is 3.76. The molecular weight excluding hydrogens is 330 g/mol. The maximum Gasteiger partial charge on any atom is 0.126 e. The molecule has 1 unspecified atom stereocenters. The fourth-order valence-corrected chi connectivity index (χ4v) is 3.76. The van der Waals surface area contributed by atoms with Gasteiger partial charge in [-0.1, -0.05) is 75.4 Å². The Bertz CT molecular complexity index is 1110. The van der Waals surface area contributed by atoms with E-state index in [1.807, 2.05) is 24.3 Å². The van der Waals surface area contributed by atoms with Crippen LogP contribution in [0.25, 0.3) is 21.7 Å². The number of hydrogen-bond donors (Lipinski definition) is 1. The molecule has 27 heavy (non-hydrogen) atoms. The lowest BCUT2D eigenvalue weighted by Gasteiger charge is -2.16. The first kappa shape index (κ1) is 17.5. The van der Waals surface area contributed by atoms with Crippen molar-refractivity contribution in [1.82, 2.24) is 4.98 Å². The number of hydrogen-bond acceptors (Lipinski definition) is 2. The number of fused-ring (bicyclic) bond motifs is 2. The summed E-state index contributed by atoms with van der Waals surface area (Å²) in [6.45, 7) is 6.51. The fraction of sp³-hybridized carbons (Fsp3) is 0.240. The standard InChI is InChI=1S/C25H25NO/c1-16(2)23-13-11-20-9-8-18(15-24(20)26-23)14-17(3)21-12-10-19-6-4-5-7-22(19)25(21)27/h4-13,15-17,27H,14H2,1-3H3. The lowest BCUT2D eigenvalue weighted by Crippen LogP contribution is -2.00. The van der Waals surface area contributed by atoms with Gasteiger partial charge in [0.15, 0.2) is 0 Å². The summed E-state index contributed by atoms with van der Waals surface area (Å²) in [6, 6.07) is 22.9. The summed E-state index contributed by atoms with van der Waals surface area (Å²) in [5.41, 5.74) is 4.42. The van der Waals surface area contributed by atoms with Crippen LogP contribution in [0, 0.1) is 0 Å². The van der Waals surface area contributed by atoms with Crippen LogP contribution >= 0.6 is 0 Å². The van der Waals surface area contributed by atoms with Crippen LogP contribution < -0.4 is 0 Å². The number of benzene rings is 3. The molecule has 0 aliphatic heterocycles. The molecule has 0 fully saturated rings.